The predicted octanol–water partition coefficient (Wildman–Crippen LogP) is 5.32. The van der Waals surface area contributed by atoms with E-state index in [-0.39, 0.29) is 11.4 Å². The fraction of sp³-hybridized carbons (Fsp3) is 0. The second-order valence-corrected chi connectivity index (χ2v) is 8.27. The highest BCUT2D eigenvalue weighted by Crippen LogP contribution is 2.32. The number of nitrogens with zero attached hydrogens (tertiary/aromatic N) is 4. The maximum absolute atomic E-state index is 12.6. The first-order chi connectivity index (χ1) is 15.0. The molecule has 0 saturated heterocycles. The Morgan fingerprint density at radius 2 is 1.97 bits per heavy atom. The molecule has 7 nitrogen and oxygen atoms in total. The number of aliphatic imine (C=N–C) groups is 1. The Morgan fingerprint density at radius 1 is 1.10 bits per heavy atom. The van der Waals surface area contributed by atoms with Gasteiger partial charge in [-0.05, 0) is 60.3 Å². The summed E-state index contributed by atoms with van der Waals surface area (Å²) in [6.45, 7) is 0. The third kappa shape index (κ3) is 3.69. The van der Waals surface area contributed by atoms with Gasteiger partial charge in [-0.15, -0.1) is 0 Å². The quantitative estimate of drug-likeness (QED) is 0.526. The first-order valence-electron chi connectivity index (χ1n) is 8.95. The van der Waals surface area contributed by atoms with Crippen molar-refractivity contribution < 1.29 is 9.21 Å². The summed E-state index contributed by atoms with van der Waals surface area (Å²) in [7, 11) is 0. The van der Waals surface area contributed by atoms with E-state index in [1.807, 2.05) is 6.07 Å². The lowest BCUT2D eigenvalue weighted by Gasteiger charge is -2.19. The molecule has 152 valence electrons. The lowest BCUT2D eigenvalue weighted by atomic mass is 10.1. The number of nitrogens with one attached hydrogen (secondary N) is 1. The molecule has 2 aliphatic rings. The molecule has 1 aromatic carbocycles. The van der Waals surface area contributed by atoms with Gasteiger partial charge in [0, 0.05) is 23.5 Å². The standard InChI is InChI=1S/C21H11Cl2N5O2S/c22-15-5-3-11(8-16(15)23)17-6-4-13(30-17)9-14-18(24)28-21(26-19(14)29)31-20(27-28)12-2-1-7-25-10-12/h1-10,24H/b14-9-,24-18?. The fourth-order valence-corrected chi connectivity index (χ4v) is 4.15. The maximum atomic E-state index is 12.6. The average Bonchev–Trinajstić information content (AvgIpc) is 3.41. The van der Waals surface area contributed by atoms with Gasteiger partial charge in [-0.1, -0.05) is 23.2 Å². The Balaban J connectivity index is 1.45. The van der Waals surface area contributed by atoms with Crippen LogP contribution >= 0.6 is 35.0 Å². The third-order valence-corrected chi connectivity index (χ3v) is 6.18. The molecule has 5 rings (SSSR count). The Labute approximate surface area is 190 Å². The van der Waals surface area contributed by atoms with Crippen LogP contribution in [0.4, 0.5) is 0 Å². The zero-order valence-electron chi connectivity index (χ0n) is 15.5. The van der Waals surface area contributed by atoms with Crippen molar-refractivity contribution in [1.82, 2.24) is 9.99 Å². The van der Waals surface area contributed by atoms with Crippen molar-refractivity contribution in [1.29, 1.82) is 5.41 Å². The van der Waals surface area contributed by atoms with Gasteiger partial charge < -0.3 is 4.42 Å². The van der Waals surface area contributed by atoms with Crippen LogP contribution in [-0.4, -0.2) is 31.9 Å². The molecule has 2 aliphatic heterocycles. The van der Waals surface area contributed by atoms with E-state index >= 15 is 0 Å². The molecule has 1 amide bonds. The van der Waals surface area contributed by atoms with Crippen LogP contribution in [0.25, 0.3) is 17.4 Å². The summed E-state index contributed by atoms with van der Waals surface area (Å²) in [4.78, 5) is 20.7. The van der Waals surface area contributed by atoms with E-state index in [0.717, 1.165) is 11.1 Å². The number of pyridine rings is 1. The molecule has 0 saturated carbocycles. The lowest BCUT2D eigenvalue weighted by molar-refractivity contribution is -0.114. The zero-order chi connectivity index (χ0) is 21.5. The molecule has 1 N–H and O–H groups in total. The van der Waals surface area contributed by atoms with Gasteiger partial charge in [-0.2, -0.15) is 15.1 Å². The molecule has 3 aromatic rings. The Morgan fingerprint density at radius 3 is 2.74 bits per heavy atom. The van der Waals surface area contributed by atoms with Crippen LogP contribution in [0.5, 0.6) is 0 Å². The zero-order valence-corrected chi connectivity index (χ0v) is 17.9. The minimum Gasteiger partial charge on any atom is -0.457 e. The number of carbonyl (C=O) groups excluding carboxylic acids is 1. The van der Waals surface area contributed by atoms with Gasteiger partial charge in [0.1, 0.15) is 16.6 Å². The number of hydrogen-bond acceptors (Lipinski definition) is 6. The van der Waals surface area contributed by atoms with Crippen LogP contribution < -0.4 is 0 Å². The average molecular weight is 468 g/mol. The Kier molecular flexibility index (Phi) is 4.97. The highest BCUT2D eigenvalue weighted by Gasteiger charge is 2.36. The van der Waals surface area contributed by atoms with Crippen molar-refractivity contribution in [2.24, 2.45) is 10.1 Å². The Hall–Kier alpha value is -3.20. The first kappa shape index (κ1) is 19.7. The minimum atomic E-state index is -0.529. The van der Waals surface area contributed by atoms with E-state index in [1.165, 1.54) is 22.8 Å². The number of thioether (sulfide) groups is 1. The molecule has 4 heterocycles. The SMILES string of the molecule is N=C1/C(=C/c2ccc(-c3ccc(Cl)c(Cl)c3)o2)C(=O)N=C2SC(c3cccnc3)=NN12. The molecular weight excluding hydrogens is 457 g/mol. The number of fused-ring (bicyclic) bond motifs is 1. The number of rotatable bonds is 3. The number of amidine groups is 2. The van der Waals surface area contributed by atoms with Crippen LogP contribution in [-0.2, 0) is 4.79 Å². The third-order valence-electron chi connectivity index (χ3n) is 4.48. The van der Waals surface area contributed by atoms with E-state index in [2.05, 4.69) is 15.1 Å². The molecule has 0 unspecified atom stereocenters. The number of halogens is 2. The summed E-state index contributed by atoms with van der Waals surface area (Å²) in [5.74, 6) is 0.349. The Bertz CT molecular complexity index is 1330. The lowest BCUT2D eigenvalue weighted by Crippen LogP contribution is -2.35. The number of benzene rings is 1. The van der Waals surface area contributed by atoms with Gasteiger partial charge in [0.15, 0.2) is 5.84 Å². The van der Waals surface area contributed by atoms with Gasteiger partial charge in [0.05, 0.1) is 15.6 Å². The first-order valence-corrected chi connectivity index (χ1v) is 10.5. The highest BCUT2D eigenvalue weighted by molar-refractivity contribution is 8.27. The topological polar surface area (TPSA) is 94.9 Å². The number of hydrazone groups is 1. The predicted molar refractivity (Wildman–Crippen MR) is 123 cm³/mol. The largest absolute Gasteiger partial charge is 0.457 e. The van der Waals surface area contributed by atoms with E-state index in [1.54, 1.807) is 48.8 Å². The summed E-state index contributed by atoms with van der Waals surface area (Å²) < 4.78 is 5.82. The molecule has 0 aliphatic carbocycles. The summed E-state index contributed by atoms with van der Waals surface area (Å²) >= 11 is 13.3. The molecule has 0 radical (unpaired) electrons. The van der Waals surface area contributed by atoms with Gasteiger partial charge in [-0.25, -0.2) is 0 Å². The van der Waals surface area contributed by atoms with E-state index in [9.17, 15) is 4.79 Å². The van der Waals surface area contributed by atoms with Gasteiger partial charge >= 0.3 is 0 Å². The van der Waals surface area contributed by atoms with Gasteiger partial charge in [0.2, 0.25) is 5.17 Å². The molecule has 0 spiro atoms. The number of carbonyl (C=O) groups is 1. The van der Waals surface area contributed by atoms with E-state index in [4.69, 9.17) is 33.0 Å². The van der Waals surface area contributed by atoms with Crippen molar-refractivity contribution >= 4 is 63.0 Å². The maximum Gasteiger partial charge on any atom is 0.283 e. The molecule has 0 fully saturated rings. The monoisotopic (exact) mass is 467 g/mol. The molecular formula is C21H11Cl2N5O2S. The number of aromatic nitrogens is 1. The molecule has 31 heavy (non-hydrogen) atoms. The van der Waals surface area contributed by atoms with Crippen LogP contribution in [0.2, 0.25) is 10.0 Å². The van der Waals surface area contributed by atoms with Crippen LogP contribution in [0, 0.1) is 5.41 Å². The van der Waals surface area contributed by atoms with Crippen molar-refractivity contribution in [3.63, 3.8) is 0 Å². The van der Waals surface area contributed by atoms with Crippen LogP contribution in [0.15, 0.2) is 74.9 Å². The van der Waals surface area contributed by atoms with Gasteiger partial charge in [0.25, 0.3) is 5.91 Å². The normalized spacial score (nSPS) is 17.1. The van der Waals surface area contributed by atoms with Crippen molar-refractivity contribution in [3.05, 3.63) is 81.8 Å². The summed E-state index contributed by atoms with van der Waals surface area (Å²) in [5.41, 5.74) is 1.61. The van der Waals surface area contributed by atoms with Crippen LogP contribution in [0.1, 0.15) is 11.3 Å². The smallest absolute Gasteiger partial charge is 0.283 e. The second-order valence-electron chi connectivity index (χ2n) is 6.50. The number of hydrogen-bond donors (Lipinski definition) is 1. The summed E-state index contributed by atoms with van der Waals surface area (Å²) in [6, 6.07) is 12.3. The summed E-state index contributed by atoms with van der Waals surface area (Å²) in [6.07, 6.45) is 4.81. The van der Waals surface area contributed by atoms with Crippen molar-refractivity contribution in [3.8, 4) is 11.3 Å². The molecule has 0 bridgehead atoms. The minimum absolute atomic E-state index is 0.0751. The van der Waals surface area contributed by atoms with E-state index in [0.29, 0.717) is 31.8 Å². The van der Waals surface area contributed by atoms with E-state index < -0.39 is 5.91 Å². The molecule has 0 atom stereocenters. The highest BCUT2D eigenvalue weighted by atomic mass is 35.5. The van der Waals surface area contributed by atoms with Gasteiger partial charge in [-0.3, -0.25) is 15.2 Å². The fourth-order valence-electron chi connectivity index (χ4n) is 2.98. The summed E-state index contributed by atoms with van der Waals surface area (Å²) in [5, 5.41) is 16.0. The molecule has 10 heteroatoms. The van der Waals surface area contributed by atoms with Crippen LogP contribution in [0.3, 0.4) is 0 Å². The second kappa shape index (κ2) is 7.81. The van der Waals surface area contributed by atoms with Crippen molar-refractivity contribution in [2.75, 3.05) is 0 Å². The van der Waals surface area contributed by atoms with Crippen molar-refractivity contribution in [2.45, 2.75) is 0 Å². The number of furan rings is 1. The molecule has 2 aromatic heterocycles. The number of amides is 1.